The number of fused-ring (bicyclic) bond motifs is 1. The van der Waals surface area contributed by atoms with Gasteiger partial charge in [-0.3, -0.25) is 4.79 Å². The summed E-state index contributed by atoms with van der Waals surface area (Å²) in [6.45, 7) is 1.53. The molecule has 0 amide bonds. The van der Waals surface area contributed by atoms with Crippen molar-refractivity contribution in [3.05, 3.63) is 23.8 Å². The third-order valence-electron chi connectivity index (χ3n) is 3.78. The fourth-order valence-electron chi connectivity index (χ4n) is 2.47. The van der Waals surface area contributed by atoms with Gasteiger partial charge in [-0.1, -0.05) is 6.07 Å². The topological polar surface area (TPSA) is 54.0 Å². The van der Waals surface area contributed by atoms with Gasteiger partial charge >= 0.3 is 5.97 Å². The highest BCUT2D eigenvalue weighted by Crippen LogP contribution is 2.41. The van der Waals surface area contributed by atoms with Gasteiger partial charge < -0.3 is 18.9 Å². The van der Waals surface area contributed by atoms with Crippen molar-refractivity contribution in [2.45, 2.75) is 18.3 Å². The van der Waals surface area contributed by atoms with Crippen LogP contribution < -0.4 is 9.47 Å². The molecule has 0 aromatic heterocycles. The zero-order valence-electron chi connectivity index (χ0n) is 10.8. The van der Waals surface area contributed by atoms with Crippen LogP contribution in [0.1, 0.15) is 18.4 Å². The molecule has 0 atom stereocenters. The Bertz CT molecular complexity index is 493. The lowest BCUT2D eigenvalue weighted by molar-refractivity contribution is -0.142. The van der Waals surface area contributed by atoms with Gasteiger partial charge in [-0.25, -0.2) is 0 Å². The van der Waals surface area contributed by atoms with Crippen LogP contribution in [0.25, 0.3) is 0 Å². The molecule has 2 aliphatic heterocycles. The standard InChI is InChI=1S/C14H16O5/c1-16-13(15)4-5-14(7-17-8-14)10-2-3-11-12(6-10)19-9-18-11/h2-3,6H,4-5,7-9H2,1H3. The van der Waals surface area contributed by atoms with Crippen LogP contribution in [-0.2, 0) is 19.7 Å². The van der Waals surface area contributed by atoms with E-state index >= 15 is 0 Å². The molecule has 2 heterocycles. The molecule has 0 N–H and O–H groups in total. The maximum Gasteiger partial charge on any atom is 0.305 e. The summed E-state index contributed by atoms with van der Waals surface area (Å²) in [5.41, 5.74) is 1.03. The molecule has 1 fully saturated rings. The van der Waals surface area contributed by atoms with E-state index in [1.165, 1.54) is 7.11 Å². The Morgan fingerprint density at radius 3 is 2.79 bits per heavy atom. The van der Waals surface area contributed by atoms with Crippen molar-refractivity contribution in [3.63, 3.8) is 0 Å². The summed E-state index contributed by atoms with van der Waals surface area (Å²) in [6.07, 6.45) is 1.12. The van der Waals surface area contributed by atoms with E-state index in [4.69, 9.17) is 18.9 Å². The van der Waals surface area contributed by atoms with Crippen molar-refractivity contribution in [1.29, 1.82) is 0 Å². The maximum atomic E-state index is 11.3. The van der Waals surface area contributed by atoms with E-state index in [2.05, 4.69) is 0 Å². The van der Waals surface area contributed by atoms with Gasteiger partial charge in [0.25, 0.3) is 0 Å². The monoisotopic (exact) mass is 264 g/mol. The largest absolute Gasteiger partial charge is 0.469 e. The van der Waals surface area contributed by atoms with Crippen molar-refractivity contribution in [3.8, 4) is 11.5 Å². The third kappa shape index (κ3) is 2.14. The molecule has 0 saturated carbocycles. The molecule has 102 valence electrons. The molecule has 0 spiro atoms. The molecule has 0 bridgehead atoms. The van der Waals surface area contributed by atoms with Crippen LogP contribution in [0.3, 0.4) is 0 Å². The molecule has 2 aliphatic rings. The lowest BCUT2D eigenvalue weighted by Gasteiger charge is -2.42. The van der Waals surface area contributed by atoms with Crippen LogP contribution in [0.5, 0.6) is 11.5 Å². The van der Waals surface area contributed by atoms with Gasteiger partial charge in [0.1, 0.15) is 0 Å². The molecule has 0 unspecified atom stereocenters. The van der Waals surface area contributed by atoms with Gasteiger partial charge in [-0.2, -0.15) is 0 Å². The van der Waals surface area contributed by atoms with Gasteiger partial charge in [-0.15, -0.1) is 0 Å². The SMILES string of the molecule is COC(=O)CCC1(c2ccc3c(c2)OCO3)COC1. The average molecular weight is 264 g/mol. The molecule has 5 heteroatoms. The summed E-state index contributed by atoms with van der Waals surface area (Å²) in [5, 5.41) is 0. The number of ether oxygens (including phenoxy) is 4. The minimum atomic E-state index is -0.188. The second-order valence-corrected chi connectivity index (χ2v) is 4.92. The van der Waals surface area contributed by atoms with Crippen molar-refractivity contribution in [1.82, 2.24) is 0 Å². The predicted octanol–water partition coefficient (Wildman–Crippen LogP) is 1.64. The normalized spacial score (nSPS) is 18.8. The highest BCUT2D eigenvalue weighted by Gasteiger charge is 2.41. The summed E-state index contributed by atoms with van der Waals surface area (Å²) in [6, 6.07) is 5.92. The van der Waals surface area contributed by atoms with E-state index in [0.29, 0.717) is 19.6 Å². The molecule has 0 radical (unpaired) electrons. The summed E-state index contributed by atoms with van der Waals surface area (Å²) >= 11 is 0. The number of benzene rings is 1. The Labute approximate surface area is 111 Å². The smallest absolute Gasteiger partial charge is 0.305 e. The quantitative estimate of drug-likeness (QED) is 0.774. The van der Waals surface area contributed by atoms with E-state index < -0.39 is 0 Å². The van der Waals surface area contributed by atoms with Crippen molar-refractivity contribution >= 4 is 5.97 Å². The highest BCUT2D eigenvalue weighted by atomic mass is 16.7. The highest BCUT2D eigenvalue weighted by molar-refractivity contribution is 5.69. The van der Waals surface area contributed by atoms with Crippen LogP contribution in [0.15, 0.2) is 18.2 Å². The first-order chi connectivity index (χ1) is 9.23. The van der Waals surface area contributed by atoms with Gasteiger partial charge in [0.15, 0.2) is 11.5 Å². The molecule has 19 heavy (non-hydrogen) atoms. The molecule has 1 saturated heterocycles. The van der Waals surface area contributed by atoms with Gasteiger partial charge in [0.05, 0.1) is 20.3 Å². The van der Waals surface area contributed by atoms with Gasteiger partial charge in [0.2, 0.25) is 6.79 Å². The number of hydrogen-bond acceptors (Lipinski definition) is 5. The first-order valence-corrected chi connectivity index (χ1v) is 6.28. The molecular weight excluding hydrogens is 248 g/mol. The zero-order valence-corrected chi connectivity index (χ0v) is 10.8. The van der Waals surface area contributed by atoms with Crippen molar-refractivity contribution < 1.29 is 23.7 Å². The minimum absolute atomic E-state index is 0.102. The maximum absolute atomic E-state index is 11.3. The van der Waals surface area contributed by atoms with E-state index in [9.17, 15) is 4.79 Å². The lowest BCUT2D eigenvalue weighted by Crippen LogP contribution is -2.47. The van der Waals surface area contributed by atoms with Gasteiger partial charge in [-0.05, 0) is 24.1 Å². The summed E-state index contributed by atoms with van der Waals surface area (Å²) in [4.78, 5) is 11.3. The number of methoxy groups -OCH3 is 1. The summed E-state index contributed by atoms with van der Waals surface area (Å²) < 4.78 is 20.8. The van der Waals surface area contributed by atoms with Crippen LogP contribution in [-0.4, -0.2) is 33.1 Å². The molecule has 0 aliphatic carbocycles. The first kappa shape index (κ1) is 12.3. The Morgan fingerprint density at radius 1 is 1.32 bits per heavy atom. The second kappa shape index (κ2) is 4.74. The molecule has 1 aromatic rings. The number of hydrogen-bond donors (Lipinski definition) is 0. The lowest BCUT2D eigenvalue weighted by atomic mass is 9.75. The first-order valence-electron chi connectivity index (χ1n) is 6.28. The Hall–Kier alpha value is -1.75. The van der Waals surface area contributed by atoms with Gasteiger partial charge in [0, 0.05) is 11.8 Å². The number of rotatable bonds is 4. The average Bonchev–Trinajstić information content (AvgIpc) is 2.84. The Balaban J connectivity index is 1.79. The van der Waals surface area contributed by atoms with E-state index in [1.54, 1.807) is 0 Å². The van der Waals surface area contributed by atoms with Crippen LogP contribution in [0.4, 0.5) is 0 Å². The molecule has 5 nitrogen and oxygen atoms in total. The summed E-state index contributed by atoms with van der Waals surface area (Å²) in [5.74, 6) is 1.35. The van der Waals surface area contributed by atoms with E-state index in [1.807, 2.05) is 18.2 Å². The third-order valence-corrected chi connectivity index (χ3v) is 3.78. The summed E-state index contributed by atoms with van der Waals surface area (Å²) in [7, 11) is 1.41. The minimum Gasteiger partial charge on any atom is -0.469 e. The Kier molecular flexibility index (Phi) is 3.06. The Morgan fingerprint density at radius 2 is 2.11 bits per heavy atom. The van der Waals surface area contributed by atoms with E-state index in [-0.39, 0.29) is 18.2 Å². The van der Waals surface area contributed by atoms with E-state index in [0.717, 1.165) is 23.5 Å². The molecule has 3 rings (SSSR count). The number of esters is 1. The van der Waals surface area contributed by atoms with Crippen LogP contribution in [0, 0.1) is 0 Å². The van der Waals surface area contributed by atoms with Crippen LogP contribution in [0.2, 0.25) is 0 Å². The van der Waals surface area contributed by atoms with Crippen molar-refractivity contribution in [2.75, 3.05) is 27.1 Å². The second-order valence-electron chi connectivity index (χ2n) is 4.92. The fourth-order valence-corrected chi connectivity index (χ4v) is 2.47. The number of carbonyl (C=O) groups is 1. The number of carbonyl (C=O) groups excluding carboxylic acids is 1. The zero-order chi connectivity index (χ0) is 13.3. The van der Waals surface area contributed by atoms with Crippen LogP contribution >= 0.6 is 0 Å². The predicted molar refractivity (Wildman–Crippen MR) is 66.3 cm³/mol. The molecular formula is C14H16O5. The fraction of sp³-hybridized carbons (Fsp3) is 0.500. The van der Waals surface area contributed by atoms with Crippen molar-refractivity contribution in [2.24, 2.45) is 0 Å². The molecule has 1 aromatic carbocycles.